The van der Waals surface area contributed by atoms with Gasteiger partial charge in [0.25, 0.3) is 5.91 Å². The molecule has 0 saturated heterocycles. The van der Waals surface area contributed by atoms with Gasteiger partial charge < -0.3 is 18.8 Å². The number of benzene rings is 3. The Balaban J connectivity index is 1.72. The van der Waals surface area contributed by atoms with E-state index in [0.29, 0.717) is 44.0 Å². The largest absolute Gasteiger partial charge is 0.493 e. The number of carbonyl (C=O) groups excluding carboxylic acids is 2. The zero-order valence-corrected chi connectivity index (χ0v) is 21.2. The van der Waals surface area contributed by atoms with Gasteiger partial charge in [-0.2, -0.15) is 4.99 Å². The van der Waals surface area contributed by atoms with E-state index in [0.717, 1.165) is 10.3 Å². The lowest BCUT2D eigenvalue weighted by Gasteiger charge is -2.09. The molecule has 0 spiro atoms. The lowest BCUT2D eigenvalue weighted by atomic mass is 10.0. The molecule has 0 unspecified atom stereocenters. The molecule has 1 amide bonds. The molecule has 0 aliphatic heterocycles. The molecule has 0 fully saturated rings. The number of nitrogens with zero attached hydrogens (tertiary/aromatic N) is 3. The molecular weight excluding hydrogens is 490 g/mol. The van der Waals surface area contributed by atoms with E-state index in [-0.39, 0.29) is 6.54 Å². The highest BCUT2D eigenvalue weighted by Crippen LogP contribution is 2.33. The van der Waals surface area contributed by atoms with Crippen LogP contribution in [0, 0.1) is 0 Å². The molecule has 0 aliphatic rings. The van der Waals surface area contributed by atoms with Crippen LogP contribution in [0.1, 0.15) is 10.4 Å². The first-order valence-corrected chi connectivity index (χ1v) is 12.2. The minimum absolute atomic E-state index is 0.121. The van der Waals surface area contributed by atoms with E-state index in [1.54, 1.807) is 29.9 Å². The first kappa shape index (κ1) is 24.2. The van der Waals surface area contributed by atoms with Gasteiger partial charge in [0.15, 0.2) is 16.3 Å². The van der Waals surface area contributed by atoms with Gasteiger partial charge in [-0.05, 0) is 12.1 Å². The van der Waals surface area contributed by atoms with Crippen molar-refractivity contribution >= 4 is 44.3 Å². The number of pyridine rings is 1. The van der Waals surface area contributed by atoms with Crippen molar-refractivity contribution in [1.82, 2.24) is 9.55 Å². The number of esters is 1. The van der Waals surface area contributed by atoms with Crippen molar-refractivity contribution in [2.75, 3.05) is 21.3 Å². The topological polar surface area (TPSA) is 92.0 Å². The molecule has 8 nitrogen and oxygen atoms in total. The monoisotopic (exact) mass is 513 g/mol. The van der Waals surface area contributed by atoms with Crippen LogP contribution in [0.25, 0.3) is 32.4 Å². The lowest BCUT2D eigenvalue weighted by molar-refractivity contribution is -0.141. The summed E-state index contributed by atoms with van der Waals surface area (Å²) >= 11 is 1.27. The minimum atomic E-state index is -0.468. The van der Waals surface area contributed by atoms with E-state index < -0.39 is 11.9 Å². The van der Waals surface area contributed by atoms with Crippen LogP contribution < -0.4 is 14.3 Å². The molecule has 37 heavy (non-hydrogen) atoms. The molecule has 3 aromatic carbocycles. The second-order valence-electron chi connectivity index (χ2n) is 8.08. The molecule has 0 bridgehead atoms. The van der Waals surface area contributed by atoms with Crippen LogP contribution in [0.2, 0.25) is 0 Å². The molecular formula is C28H23N3O5S. The van der Waals surface area contributed by atoms with Crippen LogP contribution in [-0.4, -0.2) is 42.8 Å². The predicted octanol–water partition coefficient (Wildman–Crippen LogP) is 4.85. The Morgan fingerprint density at radius 3 is 2.35 bits per heavy atom. The maximum absolute atomic E-state index is 13.7. The zero-order chi connectivity index (χ0) is 25.9. The highest BCUT2D eigenvalue weighted by molar-refractivity contribution is 7.16. The van der Waals surface area contributed by atoms with Crippen molar-refractivity contribution in [1.29, 1.82) is 0 Å². The molecule has 5 aromatic rings. The average Bonchev–Trinajstić information content (AvgIpc) is 3.26. The molecule has 5 rings (SSSR count). The Labute approximate surface area is 216 Å². The summed E-state index contributed by atoms with van der Waals surface area (Å²) in [5, 5.41) is 0.694. The van der Waals surface area contributed by atoms with Crippen molar-refractivity contribution in [2.24, 2.45) is 4.99 Å². The normalized spacial score (nSPS) is 11.6. The second-order valence-corrected chi connectivity index (χ2v) is 9.09. The fourth-order valence-corrected chi connectivity index (χ4v) is 5.12. The number of fused-ring (bicyclic) bond motifs is 2. The molecule has 9 heteroatoms. The van der Waals surface area contributed by atoms with Crippen molar-refractivity contribution in [3.05, 3.63) is 83.2 Å². The number of ether oxygens (including phenoxy) is 3. The maximum Gasteiger partial charge on any atom is 0.325 e. The second kappa shape index (κ2) is 10.2. The summed E-state index contributed by atoms with van der Waals surface area (Å²) < 4.78 is 18.2. The highest BCUT2D eigenvalue weighted by Gasteiger charge is 2.18. The molecule has 0 aliphatic carbocycles. The summed E-state index contributed by atoms with van der Waals surface area (Å²) in [6.45, 7) is -0.121. The van der Waals surface area contributed by atoms with Gasteiger partial charge >= 0.3 is 5.97 Å². The predicted molar refractivity (Wildman–Crippen MR) is 142 cm³/mol. The molecule has 2 aromatic heterocycles. The number of amides is 1. The minimum Gasteiger partial charge on any atom is -0.493 e. The fraction of sp³-hybridized carbons (Fsp3) is 0.143. The molecule has 0 N–H and O–H groups in total. The van der Waals surface area contributed by atoms with Crippen LogP contribution in [-0.2, 0) is 16.1 Å². The Morgan fingerprint density at radius 2 is 1.62 bits per heavy atom. The smallest absolute Gasteiger partial charge is 0.325 e. The third-order valence-electron chi connectivity index (χ3n) is 5.92. The van der Waals surface area contributed by atoms with Gasteiger partial charge in [-0.1, -0.05) is 59.9 Å². The van der Waals surface area contributed by atoms with Crippen LogP contribution >= 0.6 is 11.3 Å². The number of methoxy groups -OCH3 is 3. The van der Waals surface area contributed by atoms with Crippen molar-refractivity contribution in [3.8, 4) is 22.8 Å². The summed E-state index contributed by atoms with van der Waals surface area (Å²) in [5.74, 6) is 0.118. The first-order chi connectivity index (χ1) is 18.0. The molecule has 0 radical (unpaired) electrons. The summed E-state index contributed by atoms with van der Waals surface area (Å²) in [5.41, 5.74) is 3.34. The van der Waals surface area contributed by atoms with Crippen molar-refractivity contribution in [3.63, 3.8) is 0 Å². The fourth-order valence-electron chi connectivity index (χ4n) is 4.08. The van der Waals surface area contributed by atoms with E-state index in [2.05, 4.69) is 4.99 Å². The van der Waals surface area contributed by atoms with Crippen molar-refractivity contribution in [2.45, 2.75) is 6.54 Å². The zero-order valence-electron chi connectivity index (χ0n) is 20.4. The number of hydrogen-bond acceptors (Lipinski definition) is 7. The lowest BCUT2D eigenvalue weighted by Crippen LogP contribution is -2.22. The molecule has 2 heterocycles. The van der Waals surface area contributed by atoms with Crippen LogP contribution in [0.5, 0.6) is 11.5 Å². The molecule has 0 saturated carbocycles. The standard InChI is InChI=1S/C28H23N3O5S/c1-34-23-14-22-25(15-24(23)35-2)37-28(31(22)16-26(32)36-3)30-27(33)19-13-21(17-9-5-4-6-10-17)29-20-12-8-7-11-18(19)20/h4-15H,16H2,1-3H3. The Morgan fingerprint density at radius 1 is 0.919 bits per heavy atom. The number of hydrogen-bond donors (Lipinski definition) is 0. The SMILES string of the molecule is COC(=O)Cn1c(=NC(=O)c2cc(-c3ccccc3)nc3ccccc23)sc2cc(OC)c(OC)cc21. The number of thiazole rings is 1. The van der Waals surface area contributed by atoms with Gasteiger partial charge in [-0.15, -0.1) is 0 Å². The van der Waals surface area contributed by atoms with Gasteiger partial charge in [0.2, 0.25) is 0 Å². The number of rotatable bonds is 6. The molecule has 0 atom stereocenters. The maximum atomic E-state index is 13.7. The van der Waals surface area contributed by atoms with Gasteiger partial charge in [0, 0.05) is 23.1 Å². The van der Waals surface area contributed by atoms with E-state index in [1.165, 1.54) is 25.6 Å². The van der Waals surface area contributed by atoms with Gasteiger partial charge in [-0.3, -0.25) is 9.59 Å². The van der Waals surface area contributed by atoms with Gasteiger partial charge in [0.05, 0.1) is 48.3 Å². The number of carbonyl (C=O) groups is 2. The quantitative estimate of drug-likeness (QED) is 0.302. The summed E-state index contributed by atoms with van der Waals surface area (Å²) in [7, 11) is 4.40. The third kappa shape index (κ3) is 4.68. The van der Waals surface area contributed by atoms with E-state index in [4.69, 9.17) is 19.2 Å². The summed E-state index contributed by atoms with van der Waals surface area (Å²) in [4.78, 5) is 35.5. The van der Waals surface area contributed by atoms with E-state index in [9.17, 15) is 9.59 Å². The third-order valence-corrected chi connectivity index (χ3v) is 6.96. The number of para-hydroxylation sites is 1. The first-order valence-electron chi connectivity index (χ1n) is 11.4. The van der Waals surface area contributed by atoms with E-state index >= 15 is 0 Å². The van der Waals surface area contributed by atoms with Crippen LogP contribution in [0.3, 0.4) is 0 Å². The average molecular weight is 514 g/mol. The summed E-state index contributed by atoms with van der Waals surface area (Å²) in [6, 6.07) is 22.4. The Kier molecular flexibility index (Phi) is 6.70. The van der Waals surface area contributed by atoms with Crippen molar-refractivity contribution < 1.29 is 23.8 Å². The molecule has 186 valence electrons. The van der Waals surface area contributed by atoms with Crippen LogP contribution in [0.15, 0.2) is 77.8 Å². The Hall–Kier alpha value is -4.50. The number of aromatic nitrogens is 2. The Bertz CT molecular complexity index is 1710. The summed E-state index contributed by atoms with van der Waals surface area (Å²) in [6.07, 6.45) is 0. The highest BCUT2D eigenvalue weighted by atomic mass is 32.1. The van der Waals surface area contributed by atoms with Gasteiger partial charge in [-0.25, -0.2) is 4.98 Å². The van der Waals surface area contributed by atoms with Crippen LogP contribution in [0.4, 0.5) is 0 Å². The van der Waals surface area contributed by atoms with E-state index in [1.807, 2.05) is 54.6 Å². The van der Waals surface area contributed by atoms with Gasteiger partial charge in [0.1, 0.15) is 6.54 Å².